The van der Waals surface area contributed by atoms with Gasteiger partial charge >= 0.3 is 0 Å². The molecule has 0 aliphatic carbocycles. The van der Waals surface area contributed by atoms with Crippen molar-refractivity contribution in [2.45, 2.75) is 51.1 Å². The second kappa shape index (κ2) is 5.05. The molecule has 108 valence electrons. The molecule has 1 saturated heterocycles. The number of alkyl halides is 1. The highest BCUT2D eigenvalue weighted by Crippen LogP contribution is 2.35. The summed E-state index contributed by atoms with van der Waals surface area (Å²) >= 11 is 6.12. The van der Waals surface area contributed by atoms with Gasteiger partial charge in [-0.3, -0.25) is 0 Å². The maximum atomic E-state index is 6.12. The molecule has 1 unspecified atom stereocenters. The molecule has 0 N–H and O–H groups in total. The van der Waals surface area contributed by atoms with E-state index in [-0.39, 0.29) is 5.60 Å². The van der Waals surface area contributed by atoms with Crippen molar-refractivity contribution in [1.82, 2.24) is 9.55 Å². The largest absolute Gasteiger partial charge is 0.375 e. The maximum Gasteiger partial charge on any atom is 0.125 e. The molecule has 3 nitrogen and oxygen atoms in total. The van der Waals surface area contributed by atoms with Crippen molar-refractivity contribution < 1.29 is 4.74 Å². The van der Waals surface area contributed by atoms with Crippen molar-refractivity contribution in [2.24, 2.45) is 0 Å². The smallest absolute Gasteiger partial charge is 0.125 e. The zero-order valence-corrected chi connectivity index (χ0v) is 13.1. The van der Waals surface area contributed by atoms with Crippen molar-refractivity contribution in [3.63, 3.8) is 0 Å². The number of aryl methyl sites for hydroxylation is 1. The lowest BCUT2D eigenvalue weighted by Crippen LogP contribution is -2.35. The number of ether oxygens (including phenoxy) is 1. The molecule has 3 rings (SSSR count). The molecular formula is C16H21ClN2O. The predicted octanol–water partition coefficient (Wildman–Crippen LogP) is 4.21. The summed E-state index contributed by atoms with van der Waals surface area (Å²) in [6.45, 7) is 7.20. The first-order valence-corrected chi connectivity index (χ1v) is 7.71. The third-order valence-corrected chi connectivity index (χ3v) is 4.31. The van der Waals surface area contributed by atoms with E-state index < -0.39 is 0 Å². The topological polar surface area (TPSA) is 27.1 Å². The second-order valence-corrected chi connectivity index (χ2v) is 6.55. The predicted molar refractivity (Wildman–Crippen MR) is 82.3 cm³/mol. The summed E-state index contributed by atoms with van der Waals surface area (Å²) in [5.74, 6) is 1.42. The van der Waals surface area contributed by atoms with E-state index in [0.717, 1.165) is 30.8 Å². The molecule has 1 aliphatic rings. The molecule has 2 heterocycles. The van der Waals surface area contributed by atoms with E-state index in [0.29, 0.717) is 11.9 Å². The molecule has 0 saturated carbocycles. The van der Waals surface area contributed by atoms with Gasteiger partial charge in [0.1, 0.15) is 5.82 Å². The first kappa shape index (κ1) is 13.9. The normalized spacial score (nSPS) is 22.3. The number of fused-ring (bicyclic) bond motifs is 1. The molecule has 20 heavy (non-hydrogen) atoms. The Morgan fingerprint density at radius 3 is 2.95 bits per heavy atom. The van der Waals surface area contributed by atoms with Crippen LogP contribution < -0.4 is 0 Å². The summed E-state index contributed by atoms with van der Waals surface area (Å²) in [5.41, 5.74) is 3.39. The minimum Gasteiger partial charge on any atom is -0.375 e. The van der Waals surface area contributed by atoms with Crippen LogP contribution in [0.5, 0.6) is 0 Å². The number of benzene rings is 1. The van der Waals surface area contributed by atoms with Gasteiger partial charge in [0.25, 0.3) is 0 Å². The molecule has 1 aromatic carbocycles. The van der Waals surface area contributed by atoms with E-state index in [4.69, 9.17) is 21.3 Å². The number of aromatic nitrogens is 2. The van der Waals surface area contributed by atoms with Crippen LogP contribution in [-0.2, 0) is 10.6 Å². The molecule has 1 aromatic heterocycles. The quantitative estimate of drug-likeness (QED) is 0.775. The first-order chi connectivity index (χ1) is 9.50. The monoisotopic (exact) mass is 292 g/mol. The molecule has 1 fully saturated rings. The van der Waals surface area contributed by atoms with E-state index in [2.05, 4.69) is 43.5 Å². The molecule has 0 amide bonds. The Hall–Kier alpha value is -1.06. The summed E-state index contributed by atoms with van der Waals surface area (Å²) in [7, 11) is 0. The van der Waals surface area contributed by atoms with Crippen LogP contribution in [0.25, 0.3) is 11.0 Å². The van der Waals surface area contributed by atoms with Gasteiger partial charge in [0.05, 0.1) is 22.5 Å². The fraction of sp³-hybridized carbons (Fsp3) is 0.562. The molecule has 0 spiro atoms. The molecule has 0 radical (unpaired) electrons. The van der Waals surface area contributed by atoms with Crippen LogP contribution in [0.15, 0.2) is 18.2 Å². The Kier molecular flexibility index (Phi) is 3.51. The maximum absolute atomic E-state index is 6.12. The summed E-state index contributed by atoms with van der Waals surface area (Å²) in [5, 5.41) is 0. The van der Waals surface area contributed by atoms with E-state index in [1.807, 2.05) is 0 Å². The summed E-state index contributed by atoms with van der Waals surface area (Å²) in [4.78, 5) is 4.71. The average Bonchev–Trinajstić information content (AvgIpc) is 2.74. The zero-order valence-electron chi connectivity index (χ0n) is 12.3. The second-order valence-electron chi connectivity index (χ2n) is 6.28. The third kappa shape index (κ3) is 2.45. The number of halogens is 1. The molecule has 4 heteroatoms. The van der Waals surface area contributed by atoms with Gasteiger partial charge in [-0.15, -0.1) is 11.6 Å². The van der Waals surface area contributed by atoms with Crippen molar-refractivity contribution in [3.05, 3.63) is 29.6 Å². The number of hydrogen-bond donors (Lipinski definition) is 0. The molecule has 2 aromatic rings. The van der Waals surface area contributed by atoms with Crippen LogP contribution in [0.2, 0.25) is 0 Å². The minimum atomic E-state index is -0.0756. The van der Waals surface area contributed by atoms with Crippen LogP contribution >= 0.6 is 11.6 Å². The van der Waals surface area contributed by atoms with Gasteiger partial charge in [0.15, 0.2) is 0 Å². The van der Waals surface area contributed by atoms with Crippen LogP contribution in [0.4, 0.5) is 0 Å². The van der Waals surface area contributed by atoms with Crippen LogP contribution in [0.1, 0.15) is 44.1 Å². The Bertz CT molecular complexity index is 633. The highest BCUT2D eigenvalue weighted by molar-refractivity contribution is 6.16. The molecular weight excluding hydrogens is 272 g/mol. The van der Waals surface area contributed by atoms with E-state index in [1.54, 1.807) is 0 Å². The van der Waals surface area contributed by atoms with Crippen LogP contribution in [0, 0.1) is 6.92 Å². The minimum absolute atomic E-state index is 0.0756. The fourth-order valence-corrected chi connectivity index (χ4v) is 3.37. The van der Waals surface area contributed by atoms with Crippen molar-refractivity contribution >= 4 is 22.6 Å². The number of nitrogens with zero attached hydrogens (tertiary/aromatic N) is 2. The van der Waals surface area contributed by atoms with Gasteiger partial charge in [-0.2, -0.15) is 0 Å². The van der Waals surface area contributed by atoms with Crippen LogP contribution in [0.3, 0.4) is 0 Å². The Labute approximate surface area is 124 Å². The van der Waals surface area contributed by atoms with Crippen molar-refractivity contribution in [3.8, 4) is 0 Å². The van der Waals surface area contributed by atoms with E-state index in [1.165, 1.54) is 11.1 Å². The van der Waals surface area contributed by atoms with Gasteiger partial charge in [-0.25, -0.2) is 4.98 Å². The number of hydrogen-bond acceptors (Lipinski definition) is 2. The Morgan fingerprint density at radius 1 is 1.45 bits per heavy atom. The molecule has 1 atom stereocenters. The highest BCUT2D eigenvalue weighted by atomic mass is 35.5. The van der Waals surface area contributed by atoms with Gasteiger partial charge < -0.3 is 9.30 Å². The highest BCUT2D eigenvalue weighted by Gasteiger charge is 2.31. The molecule has 0 bridgehead atoms. The van der Waals surface area contributed by atoms with Crippen LogP contribution in [-0.4, -0.2) is 21.8 Å². The Morgan fingerprint density at radius 2 is 2.25 bits per heavy atom. The lowest BCUT2D eigenvalue weighted by molar-refractivity contribution is -0.0687. The average molecular weight is 293 g/mol. The van der Waals surface area contributed by atoms with Crippen molar-refractivity contribution in [1.29, 1.82) is 0 Å². The zero-order chi connectivity index (χ0) is 14.3. The third-order valence-electron chi connectivity index (χ3n) is 4.07. The fourth-order valence-electron chi connectivity index (χ4n) is 3.18. The summed E-state index contributed by atoms with van der Waals surface area (Å²) in [6, 6.07) is 6.85. The van der Waals surface area contributed by atoms with Gasteiger partial charge in [0.2, 0.25) is 0 Å². The van der Waals surface area contributed by atoms with Gasteiger partial charge in [0, 0.05) is 12.6 Å². The summed E-state index contributed by atoms with van der Waals surface area (Å²) < 4.78 is 8.16. The van der Waals surface area contributed by atoms with Crippen molar-refractivity contribution in [2.75, 3.05) is 6.61 Å². The van der Waals surface area contributed by atoms with Gasteiger partial charge in [-0.1, -0.05) is 6.07 Å². The number of imidazole rings is 1. The summed E-state index contributed by atoms with van der Waals surface area (Å²) in [6.07, 6.45) is 2.02. The Balaban J connectivity index is 2.09. The van der Waals surface area contributed by atoms with E-state index in [9.17, 15) is 0 Å². The molecule has 1 aliphatic heterocycles. The van der Waals surface area contributed by atoms with E-state index >= 15 is 0 Å². The lowest BCUT2D eigenvalue weighted by atomic mass is 9.93. The SMILES string of the molecule is Cc1ccc2c(c1)nc(CCl)n2C1CCOC(C)(C)C1. The van der Waals surface area contributed by atoms with Gasteiger partial charge in [-0.05, 0) is 51.3 Å². The lowest BCUT2D eigenvalue weighted by Gasteiger charge is -2.36. The first-order valence-electron chi connectivity index (χ1n) is 7.17. The number of rotatable bonds is 2. The standard InChI is InChI=1S/C16H21ClN2O/c1-11-4-5-14-13(8-11)18-15(10-17)19(14)12-6-7-20-16(2,3)9-12/h4-5,8,12H,6-7,9-10H2,1-3H3.